The molecule has 128 valence electrons. The molecule has 1 N–H and O–H groups in total. The van der Waals surface area contributed by atoms with Gasteiger partial charge in [-0.05, 0) is 25.0 Å². The Morgan fingerprint density at radius 2 is 2.21 bits per heavy atom. The molecule has 0 radical (unpaired) electrons. The molecule has 0 aliphatic carbocycles. The second-order valence-corrected chi connectivity index (χ2v) is 6.97. The summed E-state index contributed by atoms with van der Waals surface area (Å²) in [6.45, 7) is 1.31. The third-order valence-electron chi connectivity index (χ3n) is 4.01. The summed E-state index contributed by atoms with van der Waals surface area (Å²) in [5.74, 6) is -0.833. The molecule has 7 heteroatoms. The van der Waals surface area contributed by atoms with Gasteiger partial charge in [0.1, 0.15) is 0 Å². The molecule has 1 amide bonds. The van der Waals surface area contributed by atoms with Crippen LogP contribution in [0.1, 0.15) is 24.3 Å². The van der Waals surface area contributed by atoms with Crippen molar-refractivity contribution in [2.24, 2.45) is 0 Å². The number of benzene rings is 1. The highest BCUT2D eigenvalue weighted by Gasteiger charge is 2.25. The third kappa shape index (κ3) is 4.30. The SMILES string of the molecule is O=C(O)CC1CN(C(=O)CCCc2nc3ccccc3s2)CCO1. The van der Waals surface area contributed by atoms with Crippen molar-refractivity contribution >= 4 is 33.4 Å². The molecule has 2 aromatic rings. The van der Waals surface area contributed by atoms with Gasteiger partial charge in [0.2, 0.25) is 5.91 Å². The number of carbonyl (C=O) groups is 2. The van der Waals surface area contributed by atoms with Gasteiger partial charge in [0.15, 0.2) is 0 Å². The van der Waals surface area contributed by atoms with Crippen LogP contribution in [0.5, 0.6) is 0 Å². The maximum atomic E-state index is 12.3. The summed E-state index contributed by atoms with van der Waals surface area (Å²) >= 11 is 1.67. The number of morpholine rings is 1. The number of carbonyl (C=O) groups excluding carboxylic acids is 1. The maximum Gasteiger partial charge on any atom is 0.306 e. The topological polar surface area (TPSA) is 79.7 Å². The van der Waals surface area contributed by atoms with Gasteiger partial charge in [-0.15, -0.1) is 11.3 Å². The lowest BCUT2D eigenvalue weighted by atomic mass is 10.1. The fourth-order valence-electron chi connectivity index (χ4n) is 2.84. The summed E-state index contributed by atoms with van der Waals surface area (Å²) in [5.41, 5.74) is 1.01. The van der Waals surface area contributed by atoms with Gasteiger partial charge in [0.25, 0.3) is 0 Å². The first-order valence-corrected chi connectivity index (χ1v) is 8.89. The van der Waals surface area contributed by atoms with E-state index in [0.717, 1.165) is 23.4 Å². The van der Waals surface area contributed by atoms with Crippen LogP contribution in [0.3, 0.4) is 0 Å². The number of nitrogens with zero attached hydrogens (tertiary/aromatic N) is 2. The first-order chi connectivity index (χ1) is 11.6. The predicted octanol–water partition coefficient (Wildman–Crippen LogP) is 2.32. The summed E-state index contributed by atoms with van der Waals surface area (Å²) in [7, 11) is 0. The first kappa shape index (κ1) is 16.9. The Kier molecular flexibility index (Phi) is 5.42. The zero-order chi connectivity index (χ0) is 16.9. The van der Waals surface area contributed by atoms with E-state index in [2.05, 4.69) is 11.1 Å². The molecule has 1 aromatic heterocycles. The molecule has 1 fully saturated rings. The molecule has 2 heterocycles. The summed E-state index contributed by atoms with van der Waals surface area (Å²) in [6.07, 6.45) is 1.53. The second kappa shape index (κ2) is 7.72. The first-order valence-electron chi connectivity index (χ1n) is 8.07. The van der Waals surface area contributed by atoms with Crippen molar-refractivity contribution in [3.8, 4) is 0 Å². The van der Waals surface area contributed by atoms with Crippen molar-refractivity contribution in [1.82, 2.24) is 9.88 Å². The van der Waals surface area contributed by atoms with Crippen LogP contribution >= 0.6 is 11.3 Å². The number of ether oxygens (including phenoxy) is 1. The van der Waals surface area contributed by atoms with Gasteiger partial charge in [-0.2, -0.15) is 0 Å². The number of thiazole rings is 1. The van der Waals surface area contributed by atoms with E-state index in [0.29, 0.717) is 26.1 Å². The van der Waals surface area contributed by atoms with Crippen LogP contribution in [0.2, 0.25) is 0 Å². The molecule has 0 spiro atoms. The van der Waals surface area contributed by atoms with Crippen LogP contribution < -0.4 is 0 Å². The van der Waals surface area contributed by atoms with Gasteiger partial charge < -0.3 is 14.7 Å². The lowest BCUT2D eigenvalue weighted by molar-refractivity contribution is -0.147. The Morgan fingerprint density at radius 3 is 3.00 bits per heavy atom. The molecule has 3 rings (SSSR count). The lowest BCUT2D eigenvalue weighted by Gasteiger charge is -2.32. The van der Waals surface area contributed by atoms with Gasteiger partial charge in [-0.1, -0.05) is 12.1 Å². The number of aromatic nitrogens is 1. The van der Waals surface area contributed by atoms with Crippen LogP contribution in [0.4, 0.5) is 0 Å². The highest BCUT2D eigenvalue weighted by molar-refractivity contribution is 7.18. The Labute approximate surface area is 144 Å². The molecular weight excluding hydrogens is 328 g/mol. The molecule has 1 aliphatic rings. The average Bonchev–Trinajstić information content (AvgIpc) is 2.97. The minimum absolute atomic E-state index is 0.0600. The number of para-hydroxylation sites is 1. The minimum atomic E-state index is -0.898. The number of fused-ring (bicyclic) bond motifs is 1. The van der Waals surface area contributed by atoms with Gasteiger partial charge >= 0.3 is 5.97 Å². The predicted molar refractivity (Wildman–Crippen MR) is 91.1 cm³/mol. The van der Waals surface area contributed by atoms with E-state index in [9.17, 15) is 9.59 Å². The lowest BCUT2D eigenvalue weighted by Crippen LogP contribution is -2.46. The molecule has 1 aromatic carbocycles. The van der Waals surface area contributed by atoms with E-state index in [1.165, 1.54) is 4.70 Å². The molecule has 1 saturated heterocycles. The quantitative estimate of drug-likeness (QED) is 0.867. The number of amides is 1. The van der Waals surface area contributed by atoms with Crippen LogP contribution in [0, 0.1) is 0 Å². The summed E-state index contributed by atoms with van der Waals surface area (Å²) < 4.78 is 6.56. The van der Waals surface area contributed by atoms with Crippen LogP contribution in [-0.2, 0) is 20.7 Å². The fraction of sp³-hybridized carbons (Fsp3) is 0.471. The zero-order valence-electron chi connectivity index (χ0n) is 13.3. The Balaban J connectivity index is 1.47. The van der Waals surface area contributed by atoms with Crippen molar-refractivity contribution in [2.45, 2.75) is 31.8 Å². The van der Waals surface area contributed by atoms with Crippen LogP contribution in [0.25, 0.3) is 10.2 Å². The Morgan fingerprint density at radius 1 is 1.38 bits per heavy atom. The number of hydrogen-bond acceptors (Lipinski definition) is 5. The largest absolute Gasteiger partial charge is 0.481 e. The standard InChI is InChI=1S/C17H20N2O4S/c20-16(19-8-9-23-12(11-19)10-17(21)22)7-3-6-15-18-13-4-1-2-5-14(13)24-15/h1-2,4-5,12H,3,6-11H2,(H,21,22). The van der Waals surface area contributed by atoms with E-state index in [-0.39, 0.29) is 12.3 Å². The van der Waals surface area contributed by atoms with Crippen molar-refractivity contribution in [1.29, 1.82) is 0 Å². The smallest absolute Gasteiger partial charge is 0.306 e. The average molecular weight is 348 g/mol. The van der Waals surface area contributed by atoms with Crippen molar-refractivity contribution in [2.75, 3.05) is 19.7 Å². The number of carboxylic acid groups (broad SMARTS) is 1. The highest BCUT2D eigenvalue weighted by Crippen LogP contribution is 2.23. The zero-order valence-corrected chi connectivity index (χ0v) is 14.1. The Hall–Kier alpha value is -1.99. The molecule has 1 aliphatic heterocycles. The number of aliphatic carboxylic acids is 1. The molecule has 1 unspecified atom stereocenters. The summed E-state index contributed by atoms with van der Waals surface area (Å²) in [6, 6.07) is 8.02. The van der Waals surface area contributed by atoms with E-state index in [1.807, 2.05) is 18.2 Å². The van der Waals surface area contributed by atoms with Gasteiger partial charge in [0, 0.05) is 19.5 Å². The normalized spacial score (nSPS) is 18.0. The second-order valence-electron chi connectivity index (χ2n) is 5.86. The van der Waals surface area contributed by atoms with Crippen molar-refractivity contribution in [3.05, 3.63) is 29.3 Å². The van der Waals surface area contributed by atoms with Crippen molar-refractivity contribution < 1.29 is 19.4 Å². The van der Waals surface area contributed by atoms with E-state index in [1.54, 1.807) is 16.2 Å². The summed E-state index contributed by atoms with van der Waals surface area (Å²) in [5, 5.41) is 9.88. The van der Waals surface area contributed by atoms with E-state index in [4.69, 9.17) is 9.84 Å². The van der Waals surface area contributed by atoms with Gasteiger partial charge in [-0.3, -0.25) is 9.59 Å². The van der Waals surface area contributed by atoms with Crippen LogP contribution in [-0.4, -0.2) is 52.7 Å². The molecule has 1 atom stereocenters. The molecule has 0 saturated carbocycles. The number of aryl methyl sites for hydroxylation is 1. The monoisotopic (exact) mass is 348 g/mol. The molecule has 24 heavy (non-hydrogen) atoms. The molecule has 6 nitrogen and oxygen atoms in total. The highest BCUT2D eigenvalue weighted by atomic mass is 32.1. The number of hydrogen-bond donors (Lipinski definition) is 1. The number of rotatable bonds is 6. The number of carboxylic acids is 1. The summed E-state index contributed by atoms with van der Waals surface area (Å²) in [4.78, 5) is 29.3. The molecular formula is C17H20N2O4S. The fourth-order valence-corrected chi connectivity index (χ4v) is 3.85. The van der Waals surface area contributed by atoms with Crippen LogP contribution in [0.15, 0.2) is 24.3 Å². The van der Waals surface area contributed by atoms with Gasteiger partial charge in [0.05, 0.1) is 34.4 Å². The van der Waals surface area contributed by atoms with Crippen molar-refractivity contribution in [3.63, 3.8) is 0 Å². The minimum Gasteiger partial charge on any atom is -0.481 e. The van der Waals surface area contributed by atoms with E-state index < -0.39 is 12.1 Å². The Bertz CT molecular complexity index is 697. The van der Waals surface area contributed by atoms with Gasteiger partial charge in [-0.25, -0.2) is 4.98 Å². The maximum absolute atomic E-state index is 12.3. The van der Waals surface area contributed by atoms with E-state index >= 15 is 0 Å². The molecule has 0 bridgehead atoms. The third-order valence-corrected chi connectivity index (χ3v) is 5.11.